The molecule has 3 nitrogen and oxygen atoms in total. The molecular formula is C16H22N2O. The van der Waals surface area contributed by atoms with Gasteiger partial charge in [-0.2, -0.15) is 5.26 Å². The molecule has 1 N–H and O–H groups in total. The summed E-state index contributed by atoms with van der Waals surface area (Å²) in [6.45, 7) is 8.05. The van der Waals surface area contributed by atoms with Crippen LogP contribution in [-0.2, 0) is 6.42 Å². The maximum atomic E-state index is 9.61. The summed E-state index contributed by atoms with van der Waals surface area (Å²) in [4.78, 5) is 2.10. The van der Waals surface area contributed by atoms with Gasteiger partial charge >= 0.3 is 0 Å². The predicted octanol–water partition coefficient (Wildman–Crippen LogP) is 2.72. The second kappa shape index (κ2) is 5.22. The number of hydrogen-bond acceptors (Lipinski definition) is 3. The molecule has 2 rings (SSSR count). The third-order valence-electron chi connectivity index (χ3n) is 3.42. The third kappa shape index (κ3) is 3.48. The Morgan fingerprint density at radius 3 is 2.68 bits per heavy atom. The van der Waals surface area contributed by atoms with Crippen molar-refractivity contribution >= 4 is 5.69 Å². The summed E-state index contributed by atoms with van der Waals surface area (Å²) in [5.74, 6) is 0. The number of benzene rings is 1. The number of β-amino-alcohol motifs (C(OH)–C–C–N with tert-alkyl or cyclic N) is 1. The summed E-state index contributed by atoms with van der Waals surface area (Å²) in [7, 11) is 0. The Labute approximate surface area is 115 Å². The quantitative estimate of drug-likeness (QED) is 0.887. The molecule has 0 unspecified atom stereocenters. The molecule has 0 amide bonds. The van der Waals surface area contributed by atoms with Crippen molar-refractivity contribution in [2.45, 2.75) is 39.7 Å². The van der Waals surface area contributed by atoms with Crippen LogP contribution in [0.25, 0.3) is 0 Å². The maximum Gasteiger partial charge on any atom is 0.101 e. The lowest BCUT2D eigenvalue weighted by atomic mass is 9.87. The zero-order valence-electron chi connectivity index (χ0n) is 12.0. The molecular weight excluding hydrogens is 236 g/mol. The van der Waals surface area contributed by atoms with Gasteiger partial charge in [0.05, 0.1) is 17.4 Å². The molecule has 1 aliphatic heterocycles. The van der Waals surface area contributed by atoms with Crippen molar-refractivity contribution in [3.05, 3.63) is 29.3 Å². The standard InChI is InChI=1S/C16H22N2O/c1-16(2,3)9-12-4-5-15(13(8-12)10-17)18-7-6-14(19)11-18/h4-5,8,14,19H,6-7,9,11H2,1-3H3/t14-/m1/s1. The van der Waals surface area contributed by atoms with Gasteiger partial charge in [0.2, 0.25) is 0 Å². The summed E-state index contributed by atoms with van der Waals surface area (Å²) < 4.78 is 0. The summed E-state index contributed by atoms with van der Waals surface area (Å²) in [5, 5.41) is 18.9. The minimum absolute atomic E-state index is 0.220. The largest absolute Gasteiger partial charge is 0.391 e. The number of nitriles is 1. The molecule has 19 heavy (non-hydrogen) atoms. The molecule has 0 aromatic heterocycles. The lowest BCUT2D eigenvalue weighted by Crippen LogP contribution is -2.22. The van der Waals surface area contributed by atoms with Gasteiger partial charge in [0.25, 0.3) is 0 Å². The van der Waals surface area contributed by atoms with Crippen LogP contribution < -0.4 is 4.90 Å². The molecule has 0 aliphatic carbocycles. The molecule has 0 saturated carbocycles. The summed E-state index contributed by atoms with van der Waals surface area (Å²) in [6.07, 6.45) is 1.49. The van der Waals surface area contributed by atoms with E-state index >= 15 is 0 Å². The Morgan fingerprint density at radius 1 is 1.42 bits per heavy atom. The minimum Gasteiger partial charge on any atom is -0.391 e. The van der Waals surface area contributed by atoms with Gasteiger partial charge in [-0.05, 0) is 36.0 Å². The van der Waals surface area contributed by atoms with Crippen molar-refractivity contribution in [1.29, 1.82) is 5.26 Å². The monoisotopic (exact) mass is 258 g/mol. The first-order valence-corrected chi connectivity index (χ1v) is 6.85. The molecule has 1 fully saturated rings. The molecule has 1 atom stereocenters. The SMILES string of the molecule is CC(C)(C)Cc1ccc(N2CC[C@@H](O)C2)c(C#N)c1. The van der Waals surface area contributed by atoms with Crippen LogP contribution in [0.15, 0.2) is 18.2 Å². The summed E-state index contributed by atoms with van der Waals surface area (Å²) in [5.41, 5.74) is 3.10. The highest BCUT2D eigenvalue weighted by molar-refractivity contribution is 5.61. The molecule has 0 radical (unpaired) electrons. The molecule has 102 valence electrons. The Hall–Kier alpha value is -1.53. The van der Waals surface area contributed by atoms with Crippen molar-refractivity contribution in [2.75, 3.05) is 18.0 Å². The van der Waals surface area contributed by atoms with Crippen molar-refractivity contribution in [2.24, 2.45) is 5.41 Å². The van der Waals surface area contributed by atoms with Crippen LogP contribution in [0, 0.1) is 16.7 Å². The lowest BCUT2D eigenvalue weighted by Gasteiger charge is -2.22. The number of hydrogen-bond donors (Lipinski definition) is 1. The van der Waals surface area contributed by atoms with Gasteiger partial charge in [0, 0.05) is 13.1 Å². The van der Waals surface area contributed by atoms with E-state index in [9.17, 15) is 10.4 Å². The second-order valence-electron chi connectivity index (χ2n) is 6.59. The van der Waals surface area contributed by atoms with Gasteiger partial charge in [-0.25, -0.2) is 0 Å². The number of aliphatic hydroxyl groups excluding tert-OH is 1. The van der Waals surface area contributed by atoms with E-state index < -0.39 is 0 Å². The van der Waals surface area contributed by atoms with Gasteiger partial charge in [0.15, 0.2) is 0 Å². The van der Waals surface area contributed by atoms with E-state index in [2.05, 4.69) is 37.8 Å². The van der Waals surface area contributed by atoms with Gasteiger partial charge in [-0.3, -0.25) is 0 Å². The Kier molecular flexibility index (Phi) is 3.82. The first-order chi connectivity index (χ1) is 8.89. The van der Waals surface area contributed by atoms with Crippen molar-refractivity contribution < 1.29 is 5.11 Å². The fourth-order valence-electron chi connectivity index (χ4n) is 2.63. The number of aliphatic hydroxyl groups is 1. The van der Waals surface area contributed by atoms with Crippen LogP contribution in [0.2, 0.25) is 0 Å². The molecule has 1 aliphatic rings. The van der Waals surface area contributed by atoms with Crippen LogP contribution in [0.5, 0.6) is 0 Å². The number of anilines is 1. The average molecular weight is 258 g/mol. The average Bonchev–Trinajstić information content (AvgIpc) is 2.73. The van der Waals surface area contributed by atoms with E-state index in [4.69, 9.17) is 0 Å². The highest BCUT2D eigenvalue weighted by atomic mass is 16.3. The summed E-state index contributed by atoms with van der Waals surface area (Å²) in [6, 6.07) is 8.41. The molecule has 1 aromatic rings. The normalized spacial score (nSPS) is 19.5. The smallest absolute Gasteiger partial charge is 0.101 e. The molecule has 0 bridgehead atoms. The van der Waals surface area contributed by atoms with Gasteiger partial charge < -0.3 is 10.0 Å². The van der Waals surface area contributed by atoms with E-state index in [-0.39, 0.29) is 11.5 Å². The van der Waals surface area contributed by atoms with Crippen LogP contribution >= 0.6 is 0 Å². The Balaban J connectivity index is 2.25. The molecule has 3 heteroatoms. The fourth-order valence-corrected chi connectivity index (χ4v) is 2.63. The van der Waals surface area contributed by atoms with E-state index in [1.165, 1.54) is 5.56 Å². The zero-order valence-corrected chi connectivity index (χ0v) is 12.0. The highest BCUT2D eigenvalue weighted by Crippen LogP contribution is 2.28. The Bertz CT molecular complexity index is 496. The van der Waals surface area contributed by atoms with Crippen LogP contribution in [0.4, 0.5) is 5.69 Å². The predicted molar refractivity (Wildman–Crippen MR) is 77.2 cm³/mol. The van der Waals surface area contributed by atoms with Crippen LogP contribution in [0.3, 0.4) is 0 Å². The lowest BCUT2D eigenvalue weighted by molar-refractivity contribution is 0.198. The molecule has 1 saturated heterocycles. The van der Waals surface area contributed by atoms with E-state index in [0.717, 1.165) is 30.6 Å². The van der Waals surface area contributed by atoms with Gasteiger partial charge in [-0.1, -0.05) is 26.8 Å². The van der Waals surface area contributed by atoms with Gasteiger partial charge in [-0.15, -0.1) is 0 Å². The number of nitrogens with zero attached hydrogens (tertiary/aromatic N) is 2. The third-order valence-corrected chi connectivity index (χ3v) is 3.42. The van der Waals surface area contributed by atoms with E-state index in [0.29, 0.717) is 6.54 Å². The maximum absolute atomic E-state index is 9.61. The fraction of sp³-hybridized carbons (Fsp3) is 0.562. The first-order valence-electron chi connectivity index (χ1n) is 6.85. The van der Waals surface area contributed by atoms with E-state index in [1.54, 1.807) is 0 Å². The van der Waals surface area contributed by atoms with Crippen molar-refractivity contribution in [3.8, 4) is 6.07 Å². The Morgan fingerprint density at radius 2 is 2.16 bits per heavy atom. The molecule has 1 heterocycles. The molecule has 1 aromatic carbocycles. The van der Waals surface area contributed by atoms with Gasteiger partial charge in [0.1, 0.15) is 6.07 Å². The highest BCUT2D eigenvalue weighted by Gasteiger charge is 2.23. The summed E-state index contributed by atoms with van der Waals surface area (Å²) >= 11 is 0. The van der Waals surface area contributed by atoms with Crippen molar-refractivity contribution in [1.82, 2.24) is 0 Å². The number of rotatable bonds is 2. The zero-order chi connectivity index (χ0) is 14.0. The second-order valence-corrected chi connectivity index (χ2v) is 6.59. The van der Waals surface area contributed by atoms with Crippen molar-refractivity contribution in [3.63, 3.8) is 0 Å². The van der Waals surface area contributed by atoms with Crippen LogP contribution in [0.1, 0.15) is 38.3 Å². The topological polar surface area (TPSA) is 47.3 Å². The van der Waals surface area contributed by atoms with E-state index in [1.807, 2.05) is 12.1 Å². The van der Waals surface area contributed by atoms with Crippen LogP contribution in [-0.4, -0.2) is 24.3 Å². The minimum atomic E-state index is -0.263. The molecule has 0 spiro atoms. The first kappa shape index (κ1) is 13.9.